The van der Waals surface area contributed by atoms with E-state index in [4.69, 9.17) is 10.5 Å². The highest BCUT2D eigenvalue weighted by molar-refractivity contribution is 5.72. The molecule has 0 saturated heterocycles. The number of nitrogen functional groups attached to an aromatic ring is 1. The first-order valence-corrected chi connectivity index (χ1v) is 6.73. The van der Waals surface area contributed by atoms with Gasteiger partial charge in [-0.15, -0.1) is 0 Å². The van der Waals surface area contributed by atoms with E-state index < -0.39 is 11.7 Å². The van der Waals surface area contributed by atoms with Crippen molar-refractivity contribution in [1.29, 1.82) is 0 Å². The van der Waals surface area contributed by atoms with Gasteiger partial charge in [-0.25, -0.2) is 4.98 Å². The van der Waals surface area contributed by atoms with Crippen LogP contribution in [0.25, 0.3) is 11.3 Å². The lowest BCUT2D eigenvalue weighted by atomic mass is 10.1. The van der Waals surface area contributed by atoms with E-state index >= 15 is 0 Å². The molecule has 2 rings (SSSR count). The summed E-state index contributed by atoms with van der Waals surface area (Å²) >= 11 is 0. The summed E-state index contributed by atoms with van der Waals surface area (Å²) in [4.78, 5) is 7.41. The highest BCUT2D eigenvalue weighted by Gasteiger charge is 2.39. The smallest absolute Gasteiger partial charge is 0.383 e. The van der Waals surface area contributed by atoms with Crippen molar-refractivity contribution in [2.75, 3.05) is 31.8 Å². The minimum absolute atomic E-state index is 0.249. The van der Waals surface area contributed by atoms with Crippen molar-refractivity contribution >= 4 is 11.8 Å². The highest BCUT2D eigenvalue weighted by Crippen LogP contribution is 2.40. The number of alkyl halides is 3. The molecule has 126 valence electrons. The molecule has 0 aliphatic heterocycles. The molecule has 7 nitrogen and oxygen atoms in total. The number of rotatable bonds is 5. The molecular formula is C13H17F3N6O. The van der Waals surface area contributed by atoms with E-state index in [-0.39, 0.29) is 23.0 Å². The number of anilines is 2. The van der Waals surface area contributed by atoms with Crippen LogP contribution in [0.1, 0.15) is 11.3 Å². The third-order valence-electron chi connectivity index (χ3n) is 3.17. The molecule has 0 aliphatic carbocycles. The summed E-state index contributed by atoms with van der Waals surface area (Å²) < 4.78 is 46.8. The minimum atomic E-state index is -4.64. The summed E-state index contributed by atoms with van der Waals surface area (Å²) in [6, 6.07) is 0. The Morgan fingerprint density at radius 3 is 2.61 bits per heavy atom. The first kappa shape index (κ1) is 17.0. The largest absolute Gasteiger partial charge is 0.422 e. The van der Waals surface area contributed by atoms with Gasteiger partial charge in [0.15, 0.2) is 0 Å². The molecule has 23 heavy (non-hydrogen) atoms. The number of methoxy groups -OCH3 is 1. The number of aryl methyl sites for hydroxylation is 1. The zero-order chi connectivity index (χ0) is 17.2. The predicted octanol–water partition coefficient (Wildman–Crippen LogP) is 1.94. The van der Waals surface area contributed by atoms with E-state index in [1.165, 1.54) is 25.0 Å². The zero-order valence-corrected chi connectivity index (χ0v) is 12.9. The van der Waals surface area contributed by atoms with Gasteiger partial charge in [0.05, 0.1) is 24.5 Å². The van der Waals surface area contributed by atoms with Crippen LogP contribution in [0.2, 0.25) is 0 Å². The number of aromatic nitrogens is 4. The Balaban J connectivity index is 2.63. The van der Waals surface area contributed by atoms with Gasteiger partial charge in [0.25, 0.3) is 0 Å². The van der Waals surface area contributed by atoms with Crippen molar-refractivity contribution in [2.24, 2.45) is 0 Å². The van der Waals surface area contributed by atoms with Crippen LogP contribution < -0.4 is 11.1 Å². The second-order valence-corrected chi connectivity index (χ2v) is 4.79. The Morgan fingerprint density at radius 2 is 2.04 bits per heavy atom. The molecule has 0 saturated carbocycles. The van der Waals surface area contributed by atoms with Crippen LogP contribution >= 0.6 is 0 Å². The fraction of sp³-hybridized carbons (Fsp3) is 0.462. The number of ether oxygens (including phenoxy) is 1. The van der Waals surface area contributed by atoms with Crippen LogP contribution in [-0.2, 0) is 17.5 Å². The molecule has 0 amide bonds. The molecule has 0 aliphatic rings. The zero-order valence-electron chi connectivity index (χ0n) is 12.9. The number of hydrogen-bond acceptors (Lipinski definition) is 6. The van der Waals surface area contributed by atoms with E-state index in [0.717, 1.165) is 0 Å². The minimum Gasteiger partial charge on any atom is -0.383 e. The Kier molecular flexibility index (Phi) is 4.73. The molecule has 0 atom stereocenters. The van der Waals surface area contributed by atoms with Gasteiger partial charge < -0.3 is 15.8 Å². The molecule has 2 aromatic rings. The third-order valence-corrected chi connectivity index (χ3v) is 3.17. The van der Waals surface area contributed by atoms with Crippen LogP contribution in [0, 0.1) is 6.92 Å². The van der Waals surface area contributed by atoms with Gasteiger partial charge in [0.2, 0.25) is 5.95 Å². The molecular weight excluding hydrogens is 313 g/mol. The Hall–Kier alpha value is -2.36. The first-order valence-electron chi connectivity index (χ1n) is 6.73. The Labute approximate surface area is 130 Å². The van der Waals surface area contributed by atoms with Crippen molar-refractivity contribution < 1.29 is 17.9 Å². The van der Waals surface area contributed by atoms with Gasteiger partial charge in [-0.3, -0.25) is 4.68 Å². The number of nitrogens with zero attached hydrogens (tertiary/aromatic N) is 4. The Bertz CT molecular complexity index is 698. The number of nitrogens with two attached hydrogens (primary N) is 1. The van der Waals surface area contributed by atoms with Crippen molar-refractivity contribution in [3.05, 3.63) is 17.5 Å². The van der Waals surface area contributed by atoms with Gasteiger partial charge in [-0.1, -0.05) is 0 Å². The van der Waals surface area contributed by atoms with Crippen molar-refractivity contribution in [2.45, 2.75) is 19.6 Å². The fourth-order valence-corrected chi connectivity index (χ4v) is 2.17. The van der Waals surface area contributed by atoms with Crippen molar-refractivity contribution in [1.82, 2.24) is 19.7 Å². The summed E-state index contributed by atoms with van der Waals surface area (Å²) in [7, 11) is 2.87. The predicted molar refractivity (Wildman–Crippen MR) is 78.8 cm³/mol. The summed E-state index contributed by atoms with van der Waals surface area (Å²) in [5.74, 6) is -0.620. The summed E-state index contributed by atoms with van der Waals surface area (Å²) in [6.45, 7) is 2.41. The van der Waals surface area contributed by atoms with E-state index in [1.807, 2.05) is 0 Å². The summed E-state index contributed by atoms with van der Waals surface area (Å²) in [5, 5.41) is 6.60. The van der Waals surface area contributed by atoms with E-state index in [9.17, 15) is 13.2 Å². The number of hydrogen-bond donors (Lipinski definition) is 2. The molecule has 0 radical (unpaired) electrons. The molecule has 0 aromatic carbocycles. The highest BCUT2D eigenvalue weighted by atomic mass is 19.4. The van der Waals surface area contributed by atoms with E-state index in [0.29, 0.717) is 18.8 Å². The SMILES string of the molecule is CNc1nc(N)nc(-c2cn(CCOC)nc2C)c1C(F)(F)F. The third kappa shape index (κ3) is 3.52. The molecule has 0 spiro atoms. The maximum absolute atomic E-state index is 13.4. The quantitative estimate of drug-likeness (QED) is 0.870. The van der Waals surface area contributed by atoms with Gasteiger partial charge in [0.1, 0.15) is 11.4 Å². The van der Waals surface area contributed by atoms with E-state index in [1.54, 1.807) is 6.92 Å². The average Bonchev–Trinajstić information content (AvgIpc) is 2.83. The monoisotopic (exact) mass is 330 g/mol. The second-order valence-electron chi connectivity index (χ2n) is 4.79. The maximum atomic E-state index is 13.4. The molecule has 2 heterocycles. The molecule has 10 heteroatoms. The standard InChI is InChI=1S/C13H17F3N6O/c1-7-8(6-22(21-7)4-5-23-3)10-9(13(14,15)16)11(18-2)20-12(17)19-10/h6H,4-5H2,1-3H3,(H3,17,18,19,20). The number of nitrogens with one attached hydrogen (secondary N) is 1. The normalized spacial score (nSPS) is 11.7. The van der Waals surface area contributed by atoms with Gasteiger partial charge in [0, 0.05) is 25.9 Å². The fourth-order valence-electron chi connectivity index (χ4n) is 2.17. The first-order chi connectivity index (χ1) is 10.8. The average molecular weight is 330 g/mol. The lowest BCUT2D eigenvalue weighted by molar-refractivity contribution is -0.136. The molecule has 0 fully saturated rings. The van der Waals surface area contributed by atoms with Crippen LogP contribution in [0.15, 0.2) is 6.20 Å². The van der Waals surface area contributed by atoms with Gasteiger partial charge in [-0.05, 0) is 6.92 Å². The summed E-state index contributed by atoms with van der Waals surface area (Å²) in [6.07, 6.45) is -3.15. The topological polar surface area (TPSA) is 90.9 Å². The Morgan fingerprint density at radius 1 is 1.35 bits per heavy atom. The molecule has 0 unspecified atom stereocenters. The van der Waals surface area contributed by atoms with Gasteiger partial charge >= 0.3 is 6.18 Å². The van der Waals surface area contributed by atoms with Gasteiger partial charge in [-0.2, -0.15) is 23.3 Å². The second kappa shape index (κ2) is 6.41. The summed E-state index contributed by atoms with van der Waals surface area (Å²) in [5.41, 5.74) is 4.94. The lowest BCUT2D eigenvalue weighted by Gasteiger charge is -2.15. The van der Waals surface area contributed by atoms with Crippen LogP contribution in [0.3, 0.4) is 0 Å². The molecule has 0 bridgehead atoms. The number of halogens is 3. The van der Waals surface area contributed by atoms with Crippen LogP contribution in [0.5, 0.6) is 0 Å². The maximum Gasteiger partial charge on any atom is 0.422 e. The van der Waals surface area contributed by atoms with Crippen molar-refractivity contribution in [3.63, 3.8) is 0 Å². The molecule has 2 aromatic heterocycles. The van der Waals surface area contributed by atoms with Crippen LogP contribution in [0.4, 0.5) is 24.9 Å². The van der Waals surface area contributed by atoms with Crippen LogP contribution in [-0.4, -0.2) is 40.5 Å². The lowest BCUT2D eigenvalue weighted by Crippen LogP contribution is -2.15. The van der Waals surface area contributed by atoms with Crippen molar-refractivity contribution in [3.8, 4) is 11.3 Å². The van der Waals surface area contributed by atoms with E-state index in [2.05, 4.69) is 20.4 Å². The molecule has 3 N–H and O–H groups in total.